The first-order valence-corrected chi connectivity index (χ1v) is 5.47. The second-order valence-electron chi connectivity index (χ2n) is 3.65. The maximum absolute atomic E-state index is 10.9. The number of carbonyl (C=O) groups excluding carboxylic acids is 1. The number of hydrogen-bond donors (Lipinski definition) is 1. The quantitative estimate of drug-likeness (QED) is 0.584. The lowest BCUT2D eigenvalue weighted by Crippen LogP contribution is -2.01. The summed E-state index contributed by atoms with van der Waals surface area (Å²) in [5.41, 5.74) is 7.54. The van der Waals surface area contributed by atoms with Crippen LogP contribution in [-0.4, -0.2) is 18.1 Å². The third kappa shape index (κ3) is 4.40. The third-order valence-electron chi connectivity index (χ3n) is 2.42. The van der Waals surface area contributed by atoms with Gasteiger partial charge in [0.1, 0.15) is 0 Å². The summed E-state index contributed by atoms with van der Waals surface area (Å²) >= 11 is 0. The molecule has 0 spiro atoms. The molecule has 0 amide bonds. The first kappa shape index (κ1) is 12.6. The SMILES string of the molecule is COC(=O)CCCCc1ccc(CN)nc1. The summed E-state index contributed by atoms with van der Waals surface area (Å²) in [4.78, 5) is 15.1. The lowest BCUT2D eigenvalue weighted by Gasteiger charge is -2.02. The maximum atomic E-state index is 10.9. The van der Waals surface area contributed by atoms with E-state index in [0.717, 1.165) is 25.0 Å². The first-order chi connectivity index (χ1) is 7.76. The fraction of sp³-hybridized carbons (Fsp3) is 0.500. The van der Waals surface area contributed by atoms with Crippen molar-refractivity contribution in [1.29, 1.82) is 0 Å². The molecule has 4 nitrogen and oxygen atoms in total. The molecular formula is C12H18N2O2. The zero-order valence-corrected chi connectivity index (χ0v) is 9.61. The Morgan fingerprint density at radius 2 is 2.25 bits per heavy atom. The van der Waals surface area contributed by atoms with Crippen molar-refractivity contribution in [2.24, 2.45) is 5.73 Å². The van der Waals surface area contributed by atoms with E-state index in [1.165, 1.54) is 12.7 Å². The van der Waals surface area contributed by atoms with Crippen LogP contribution in [0.3, 0.4) is 0 Å². The van der Waals surface area contributed by atoms with Crippen LogP contribution in [0.15, 0.2) is 18.3 Å². The van der Waals surface area contributed by atoms with Gasteiger partial charge in [0.15, 0.2) is 0 Å². The van der Waals surface area contributed by atoms with Gasteiger partial charge < -0.3 is 10.5 Å². The smallest absolute Gasteiger partial charge is 0.305 e. The van der Waals surface area contributed by atoms with Crippen LogP contribution in [0.1, 0.15) is 30.5 Å². The van der Waals surface area contributed by atoms with E-state index in [-0.39, 0.29) is 5.97 Å². The number of pyridine rings is 1. The van der Waals surface area contributed by atoms with E-state index in [0.29, 0.717) is 13.0 Å². The monoisotopic (exact) mass is 222 g/mol. The lowest BCUT2D eigenvalue weighted by molar-refractivity contribution is -0.140. The van der Waals surface area contributed by atoms with Gasteiger partial charge in [-0.15, -0.1) is 0 Å². The van der Waals surface area contributed by atoms with E-state index in [2.05, 4.69) is 9.72 Å². The van der Waals surface area contributed by atoms with Gasteiger partial charge in [-0.1, -0.05) is 6.07 Å². The van der Waals surface area contributed by atoms with Gasteiger partial charge in [0.05, 0.1) is 12.8 Å². The van der Waals surface area contributed by atoms with Crippen LogP contribution < -0.4 is 5.73 Å². The average Bonchev–Trinajstić information content (AvgIpc) is 2.35. The third-order valence-corrected chi connectivity index (χ3v) is 2.42. The predicted molar refractivity (Wildman–Crippen MR) is 61.7 cm³/mol. The van der Waals surface area contributed by atoms with Gasteiger partial charge in [0.25, 0.3) is 0 Å². The molecule has 1 heterocycles. The Morgan fingerprint density at radius 3 is 2.81 bits per heavy atom. The molecule has 0 saturated heterocycles. The molecule has 0 radical (unpaired) electrons. The zero-order valence-electron chi connectivity index (χ0n) is 9.61. The molecule has 1 rings (SSSR count). The molecular weight excluding hydrogens is 204 g/mol. The van der Waals surface area contributed by atoms with Crippen LogP contribution in [0.2, 0.25) is 0 Å². The summed E-state index contributed by atoms with van der Waals surface area (Å²) in [7, 11) is 1.41. The number of aryl methyl sites for hydroxylation is 1. The van der Waals surface area contributed by atoms with Gasteiger partial charge in [-0.05, 0) is 30.9 Å². The van der Waals surface area contributed by atoms with E-state index < -0.39 is 0 Å². The van der Waals surface area contributed by atoms with Crippen molar-refractivity contribution in [2.75, 3.05) is 7.11 Å². The summed E-state index contributed by atoms with van der Waals surface area (Å²) < 4.78 is 4.57. The highest BCUT2D eigenvalue weighted by Gasteiger charge is 2.00. The molecule has 0 aliphatic rings. The van der Waals surface area contributed by atoms with Crippen LogP contribution in [0, 0.1) is 0 Å². The highest BCUT2D eigenvalue weighted by molar-refractivity contribution is 5.68. The number of methoxy groups -OCH3 is 1. The minimum absolute atomic E-state index is 0.142. The highest BCUT2D eigenvalue weighted by atomic mass is 16.5. The number of nitrogens with zero attached hydrogens (tertiary/aromatic N) is 1. The van der Waals surface area contributed by atoms with E-state index in [1.54, 1.807) is 0 Å². The Kier molecular flexibility index (Phi) is 5.50. The average molecular weight is 222 g/mol. The summed E-state index contributed by atoms with van der Waals surface area (Å²) in [6.07, 6.45) is 5.10. The van der Waals surface area contributed by atoms with Gasteiger partial charge in [0, 0.05) is 19.2 Å². The Labute approximate surface area is 95.8 Å². The van der Waals surface area contributed by atoms with Gasteiger partial charge in [0.2, 0.25) is 0 Å². The number of hydrogen-bond acceptors (Lipinski definition) is 4. The molecule has 1 aromatic heterocycles. The fourth-order valence-electron chi connectivity index (χ4n) is 1.42. The molecule has 0 saturated carbocycles. The van der Waals surface area contributed by atoms with Crippen LogP contribution >= 0.6 is 0 Å². The topological polar surface area (TPSA) is 65.2 Å². The number of aromatic nitrogens is 1. The maximum Gasteiger partial charge on any atom is 0.305 e. The minimum Gasteiger partial charge on any atom is -0.469 e. The number of carbonyl (C=O) groups is 1. The Balaban J connectivity index is 2.24. The van der Waals surface area contributed by atoms with E-state index in [1.807, 2.05) is 18.3 Å². The Hall–Kier alpha value is -1.42. The van der Waals surface area contributed by atoms with Crippen LogP contribution in [0.4, 0.5) is 0 Å². The molecule has 0 aromatic carbocycles. The number of rotatable bonds is 6. The van der Waals surface area contributed by atoms with Gasteiger partial charge in [-0.3, -0.25) is 9.78 Å². The largest absolute Gasteiger partial charge is 0.469 e. The fourth-order valence-corrected chi connectivity index (χ4v) is 1.42. The van der Waals surface area contributed by atoms with Crippen molar-refractivity contribution in [2.45, 2.75) is 32.2 Å². The van der Waals surface area contributed by atoms with Crippen molar-refractivity contribution in [3.05, 3.63) is 29.6 Å². The summed E-state index contributed by atoms with van der Waals surface area (Å²) in [6.45, 7) is 0.475. The van der Waals surface area contributed by atoms with Crippen molar-refractivity contribution in [3.63, 3.8) is 0 Å². The molecule has 88 valence electrons. The molecule has 0 bridgehead atoms. The van der Waals surface area contributed by atoms with Gasteiger partial charge >= 0.3 is 5.97 Å². The molecule has 16 heavy (non-hydrogen) atoms. The summed E-state index contributed by atoms with van der Waals surface area (Å²) in [6, 6.07) is 3.98. The van der Waals surface area contributed by atoms with Crippen LogP contribution in [0.5, 0.6) is 0 Å². The molecule has 0 unspecified atom stereocenters. The number of nitrogens with two attached hydrogens (primary N) is 1. The van der Waals surface area contributed by atoms with Crippen LogP contribution in [0.25, 0.3) is 0 Å². The Morgan fingerprint density at radius 1 is 1.44 bits per heavy atom. The lowest BCUT2D eigenvalue weighted by atomic mass is 10.1. The molecule has 0 fully saturated rings. The first-order valence-electron chi connectivity index (χ1n) is 5.47. The summed E-state index contributed by atoms with van der Waals surface area (Å²) in [5.74, 6) is -0.142. The standard InChI is InChI=1S/C12H18N2O2/c1-16-12(15)5-3-2-4-10-6-7-11(8-13)14-9-10/h6-7,9H,2-5,8,13H2,1H3. The second kappa shape index (κ2) is 6.95. The van der Waals surface area contributed by atoms with Crippen molar-refractivity contribution < 1.29 is 9.53 Å². The van der Waals surface area contributed by atoms with Gasteiger partial charge in [-0.25, -0.2) is 0 Å². The normalized spacial score (nSPS) is 10.1. The number of esters is 1. The van der Waals surface area contributed by atoms with Gasteiger partial charge in [-0.2, -0.15) is 0 Å². The van der Waals surface area contributed by atoms with E-state index in [9.17, 15) is 4.79 Å². The van der Waals surface area contributed by atoms with Crippen molar-refractivity contribution in [1.82, 2.24) is 4.98 Å². The number of unbranched alkanes of at least 4 members (excludes halogenated alkanes) is 1. The van der Waals surface area contributed by atoms with E-state index >= 15 is 0 Å². The molecule has 2 N–H and O–H groups in total. The predicted octanol–water partition coefficient (Wildman–Crippen LogP) is 1.43. The highest BCUT2D eigenvalue weighted by Crippen LogP contribution is 2.06. The van der Waals surface area contributed by atoms with Crippen molar-refractivity contribution in [3.8, 4) is 0 Å². The van der Waals surface area contributed by atoms with Crippen molar-refractivity contribution >= 4 is 5.97 Å². The summed E-state index contributed by atoms with van der Waals surface area (Å²) in [5, 5.41) is 0. The van der Waals surface area contributed by atoms with E-state index in [4.69, 9.17) is 5.73 Å². The molecule has 1 aromatic rings. The Bertz CT molecular complexity index is 322. The second-order valence-corrected chi connectivity index (χ2v) is 3.65. The number of ether oxygens (including phenoxy) is 1. The van der Waals surface area contributed by atoms with Crippen LogP contribution in [-0.2, 0) is 22.5 Å². The molecule has 0 aliphatic carbocycles. The zero-order chi connectivity index (χ0) is 11.8. The molecule has 4 heteroatoms. The minimum atomic E-state index is -0.142. The molecule has 0 aliphatic heterocycles. The molecule has 0 atom stereocenters.